The first-order chi connectivity index (χ1) is 14.1. The second kappa shape index (κ2) is 8.86. The Labute approximate surface area is 184 Å². The van der Waals surface area contributed by atoms with Crippen molar-refractivity contribution in [2.45, 2.75) is 48.7 Å². The third kappa shape index (κ3) is 5.08. The van der Waals surface area contributed by atoms with Crippen molar-refractivity contribution in [3.05, 3.63) is 46.2 Å². The number of hydrogen-bond acceptors (Lipinski definition) is 8. The van der Waals surface area contributed by atoms with Gasteiger partial charge in [-0.1, -0.05) is 29.5 Å². The Morgan fingerprint density at radius 1 is 1.20 bits per heavy atom. The number of thioether (sulfide) groups is 1. The molecule has 30 heavy (non-hydrogen) atoms. The minimum absolute atomic E-state index is 0.203. The quantitative estimate of drug-likeness (QED) is 0.534. The zero-order valence-corrected chi connectivity index (χ0v) is 19.8. The van der Waals surface area contributed by atoms with Gasteiger partial charge in [-0.25, -0.2) is 13.4 Å². The fourth-order valence-corrected chi connectivity index (χ4v) is 5.48. The molecule has 1 unspecified atom stereocenters. The van der Waals surface area contributed by atoms with Crippen molar-refractivity contribution in [2.75, 3.05) is 5.32 Å². The molecule has 3 rings (SSSR count). The van der Waals surface area contributed by atoms with E-state index in [1.54, 1.807) is 42.8 Å². The lowest BCUT2D eigenvalue weighted by atomic mass is 10.2. The number of anilines is 1. The van der Waals surface area contributed by atoms with Crippen LogP contribution in [0.5, 0.6) is 0 Å². The van der Waals surface area contributed by atoms with Gasteiger partial charge in [0.05, 0.1) is 15.8 Å². The van der Waals surface area contributed by atoms with E-state index in [0.29, 0.717) is 16.1 Å². The average Bonchev–Trinajstić information content (AvgIpc) is 3.17. The molecule has 160 valence electrons. The van der Waals surface area contributed by atoms with Gasteiger partial charge in [0.1, 0.15) is 11.6 Å². The highest BCUT2D eigenvalue weighted by Gasteiger charge is 2.23. The maximum absolute atomic E-state index is 12.7. The van der Waals surface area contributed by atoms with E-state index in [9.17, 15) is 13.2 Å². The summed E-state index contributed by atoms with van der Waals surface area (Å²) in [4.78, 5) is 18.1. The number of nitrogens with one attached hydrogen (secondary N) is 1. The van der Waals surface area contributed by atoms with Gasteiger partial charge in [0.15, 0.2) is 20.1 Å². The van der Waals surface area contributed by atoms with Gasteiger partial charge < -0.3 is 9.88 Å². The van der Waals surface area contributed by atoms with Crippen molar-refractivity contribution in [3.63, 3.8) is 0 Å². The van der Waals surface area contributed by atoms with Gasteiger partial charge in [-0.3, -0.25) is 4.79 Å². The molecule has 1 atom stereocenters. The summed E-state index contributed by atoms with van der Waals surface area (Å²) in [6.45, 7) is 7.50. The molecule has 2 heterocycles. The Balaban J connectivity index is 1.68. The fourth-order valence-electron chi connectivity index (χ4n) is 2.52. The van der Waals surface area contributed by atoms with Crippen LogP contribution in [0.25, 0.3) is 0 Å². The van der Waals surface area contributed by atoms with Crippen molar-refractivity contribution in [3.8, 4) is 0 Å². The molecule has 0 bridgehead atoms. The highest BCUT2D eigenvalue weighted by molar-refractivity contribution is 8.00. The van der Waals surface area contributed by atoms with Crippen LogP contribution in [-0.2, 0) is 27.4 Å². The molecule has 1 aromatic carbocycles. The highest BCUT2D eigenvalue weighted by atomic mass is 32.2. The van der Waals surface area contributed by atoms with Crippen LogP contribution in [0.1, 0.15) is 28.9 Å². The third-order valence-electron chi connectivity index (χ3n) is 4.53. The van der Waals surface area contributed by atoms with Gasteiger partial charge in [0.2, 0.25) is 5.91 Å². The molecule has 1 N–H and O–H groups in total. The van der Waals surface area contributed by atoms with Crippen LogP contribution in [0.2, 0.25) is 0 Å². The molecule has 1 amide bonds. The number of amides is 1. The summed E-state index contributed by atoms with van der Waals surface area (Å²) in [6.07, 6.45) is 0. The lowest BCUT2D eigenvalue weighted by molar-refractivity contribution is -0.115. The summed E-state index contributed by atoms with van der Waals surface area (Å²) in [5.74, 6) is -0.152. The van der Waals surface area contributed by atoms with E-state index in [0.717, 1.165) is 16.1 Å². The minimum atomic E-state index is -3.55. The first-order valence-corrected chi connectivity index (χ1v) is 12.5. The Morgan fingerprint density at radius 3 is 2.47 bits per heavy atom. The number of carbonyl (C=O) groups excluding carboxylic acids is 1. The van der Waals surface area contributed by atoms with Crippen molar-refractivity contribution in [1.82, 2.24) is 19.7 Å². The summed E-state index contributed by atoms with van der Waals surface area (Å²) in [6, 6.07) is 6.70. The number of hydrogen-bond donors (Lipinski definition) is 1. The summed E-state index contributed by atoms with van der Waals surface area (Å²) >= 11 is 2.64. The first-order valence-electron chi connectivity index (χ1n) is 9.16. The molecule has 2 aromatic heterocycles. The number of sulfone groups is 1. The molecule has 0 radical (unpaired) electrons. The normalized spacial score (nSPS) is 12.7. The largest absolute Gasteiger partial charge is 0.308 e. The van der Waals surface area contributed by atoms with E-state index in [-0.39, 0.29) is 16.6 Å². The molecular formula is C19H23N5O3S3. The Kier molecular flexibility index (Phi) is 6.63. The second-order valence-corrected chi connectivity index (χ2v) is 11.4. The molecule has 0 saturated carbocycles. The summed E-state index contributed by atoms with van der Waals surface area (Å²) in [5, 5.41) is 11.5. The third-order valence-corrected chi connectivity index (χ3v) is 8.29. The topological polar surface area (TPSA) is 107 Å². The van der Waals surface area contributed by atoms with Crippen LogP contribution in [0, 0.1) is 20.8 Å². The van der Waals surface area contributed by atoms with Crippen molar-refractivity contribution < 1.29 is 13.2 Å². The van der Waals surface area contributed by atoms with Gasteiger partial charge in [-0.05, 0) is 39.8 Å². The van der Waals surface area contributed by atoms with Crippen LogP contribution in [0.3, 0.4) is 0 Å². The van der Waals surface area contributed by atoms with Gasteiger partial charge >= 0.3 is 0 Å². The highest BCUT2D eigenvalue weighted by Crippen LogP contribution is 2.26. The van der Waals surface area contributed by atoms with Crippen molar-refractivity contribution in [2.24, 2.45) is 7.05 Å². The van der Waals surface area contributed by atoms with Gasteiger partial charge in [0, 0.05) is 11.9 Å². The van der Waals surface area contributed by atoms with E-state index in [4.69, 9.17) is 0 Å². The maximum Gasteiger partial charge on any atom is 0.239 e. The van der Waals surface area contributed by atoms with Crippen LogP contribution in [-0.4, -0.2) is 39.3 Å². The second-order valence-electron chi connectivity index (χ2n) is 6.94. The van der Waals surface area contributed by atoms with Gasteiger partial charge in [0.25, 0.3) is 0 Å². The van der Waals surface area contributed by atoms with Crippen LogP contribution in [0.15, 0.2) is 34.3 Å². The number of carbonyl (C=O) groups is 1. The lowest BCUT2D eigenvalue weighted by Gasteiger charge is -2.10. The summed E-state index contributed by atoms with van der Waals surface area (Å²) in [5.41, 5.74) is 1.88. The molecule has 0 aliphatic heterocycles. The molecule has 0 fully saturated rings. The monoisotopic (exact) mass is 465 g/mol. The van der Waals surface area contributed by atoms with Crippen molar-refractivity contribution in [1.29, 1.82) is 0 Å². The predicted octanol–water partition coefficient (Wildman–Crippen LogP) is 3.29. The fraction of sp³-hybridized carbons (Fsp3) is 0.368. The Hall–Kier alpha value is -2.24. The number of rotatable bonds is 7. The molecule has 0 spiro atoms. The lowest BCUT2D eigenvalue weighted by Crippen LogP contribution is -2.22. The Bertz CT molecular complexity index is 1150. The number of benzene rings is 1. The smallest absolute Gasteiger partial charge is 0.239 e. The standard InChI is InChI=1S/C19H23N5O3S3/c1-11-6-8-15(9-7-11)30(26,27)10-16-22-23-19(24(16)5)29-14(4)17(25)21-18-20-12(2)13(3)28-18/h6-9,14H,10H2,1-5H3,(H,20,21,25). The average molecular weight is 466 g/mol. The molecule has 0 saturated heterocycles. The molecule has 8 nitrogen and oxygen atoms in total. The summed E-state index contributed by atoms with van der Waals surface area (Å²) in [7, 11) is -1.85. The van der Waals surface area contributed by atoms with Crippen LogP contribution < -0.4 is 5.32 Å². The van der Waals surface area contributed by atoms with Crippen molar-refractivity contribution >= 4 is 44.0 Å². The Morgan fingerprint density at radius 2 is 1.87 bits per heavy atom. The number of thiazole rings is 1. The first kappa shape index (κ1) is 22.4. The molecule has 0 aliphatic carbocycles. The van der Waals surface area contributed by atoms with Crippen LogP contribution >= 0.6 is 23.1 Å². The molecular weight excluding hydrogens is 442 g/mol. The molecule has 3 aromatic rings. The molecule has 11 heteroatoms. The number of aryl methyl sites for hydroxylation is 3. The number of aromatic nitrogens is 4. The van der Waals surface area contributed by atoms with E-state index in [2.05, 4.69) is 20.5 Å². The number of nitrogens with zero attached hydrogens (tertiary/aromatic N) is 4. The zero-order chi connectivity index (χ0) is 22.1. The minimum Gasteiger partial charge on any atom is -0.308 e. The van der Waals surface area contributed by atoms with Gasteiger partial charge in [-0.2, -0.15) is 0 Å². The SMILES string of the molecule is Cc1ccc(S(=O)(=O)Cc2nnc(SC(C)C(=O)Nc3nc(C)c(C)s3)n2C)cc1. The van der Waals surface area contributed by atoms with E-state index in [1.165, 1.54) is 23.1 Å². The zero-order valence-electron chi connectivity index (χ0n) is 17.3. The van der Waals surface area contributed by atoms with E-state index >= 15 is 0 Å². The predicted molar refractivity (Wildman–Crippen MR) is 119 cm³/mol. The van der Waals surface area contributed by atoms with Crippen LogP contribution in [0.4, 0.5) is 5.13 Å². The molecule has 0 aliphatic rings. The van der Waals surface area contributed by atoms with E-state index < -0.39 is 15.1 Å². The van der Waals surface area contributed by atoms with E-state index in [1.807, 2.05) is 20.8 Å². The van der Waals surface area contributed by atoms with Gasteiger partial charge in [-0.15, -0.1) is 21.5 Å². The maximum atomic E-state index is 12.7. The summed E-state index contributed by atoms with van der Waals surface area (Å²) < 4.78 is 27.0.